The minimum absolute atomic E-state index is 0.0614. The van der Waals surface area contributed by atoms with Crippen LogP contribution in [0.2, 0.25) is 0 Å². The van der Waals surface area contributed by atoms with Gasteiger partial charge in [-0.2, -0.15) is 0 Å². The van der Waals surface area contributed by atoms with Gasteiger partial charge in [0.1, 0.15) is 6.54 Å². The van der Waals surface area contributed by atoms with Crippen LogP contribution in [0.25, 0.3) is 11.0 Å². The molecule has 1 aliphatic rings. The Morgan fingerprint density at radius 1 is 1.36 bits per heavy atom. The molecule has 0 aliphatic heterocycles. The van der Waals surface area contributed by atoms with E-state index < -0.39 is 5.82 Å². The average Bonchev–Trinajstić information content (AvgIpc) is 3.07. The molecular formula is C21H22FN3O3. The number of ether oxygens (including phenoxy) is 1. The van der Waals surface area contributed by atoms with Crippen LogP contribution in [-0.4, -0.2) is 33.8 Å². The van der Waals surface area contributed by atoms with Crippen molar-refractivity contribution >= 4 is 16.9 Å². The number of nitrogens with one attached hydrogen (secondary N) is 1. The third-order valence-electron chi connectivity index (χ3n) is 5.31. The van der Waals surface area contributed by atoms with Crippen molar-refractivity contribution in [3.63, 3.8) is 0 Å². The van der Waals surface area contributed by atoms with E-state index in [-0.39, 0.29) is 36.3 Å². The largest absolute Gasteiger partial charge is 0.494 e. The molecule has 1 aromatic heterocycles. The molecule has 0 bridgehead atoms. The minimum atomic E-state index is -0.472. The third kappa shape index (κ3) is 3.57. The summed E-state index contributed by atoms with van der Waals surface area (Å²) in [7, 11) is 1.41. The van der Waals surface area contributed by atoms with E-state index in [0.717, 1.165) is 11.0 Å². The molecule has 4 rings (SSSR count). The highest BCUT2D eigenvalue weighted by Crippen LogP contribution is 2.39. The maximum absolute atomic E-state index is 14.2. The number of rotatable bonds is 6. The molecule has 0 unspecified atom stereocenters. The molecule has 1 heterocycles. The molecule has 7 heteroatoms. The Bertz CT molecular complexity index is 997. The van der Waals surface area contributed by atoms with E-state index in [0.29, 0.717) is 18.4 Å². The van der Waals surface area contributed by atoms with Crippen LogP contribution >= 0.6 is 0 Å². The van der Waals surface area contributed by atoms with Gasteiger partial charge in [0.25, 0.3) is 0 Å². The molecule has 1 amide bonds. The number of aliphatic hydroxyl groups excluding tert-OH is 1. The van der Waals surface area contributed by atoms with Crippen LogP contribution in [0.4, 0.5) is 4.39 Å². The van der Waals surface area contributed by atoms with Crippen molar-refractivity contribution in [1.82, 2.24) is 14.9 Å². The molecular weight excluding hydrogens is 361 g/mol. The first-order valence-corrected chi connectivity index (χ1v) is 9.26. The molecule has 146 valence electrons. The standard InChI is InChI=1S/C21H22FN3O3/c1-28-19-7-6-13(10-16(19)22)21(14-8-15(26)9-14)24-20(27)11-25-12-23-17-4-2-3-5-18(17)25/h2-7,10,12,14-15,21,26H,8-9,11H2,1H3,(H,24,27)/t14?,15?,21-/m1/s1. The number of imidazole rings is 1. The van der Waals surface area contributed by atoms with Crippen molar-refractivity contribution < 1.29 is 19.0 Å². The Balaban J connectivity index is 1.54. The van der Waals surface area contributed by atoms with Crippen LogP contribution in [0.15, 0.2) is 48.8 Å². The summed E-state index contributed by atoms with van der Waals surface area (Å²) in [5, 5.41) is 12.7. The topological polar surface area (TPSA) is 76.4 Å². The van der Waals surface area contributed by atoms with Crippen LogP contribution in [0, 0.1) is 11.7 Å². The Morgan fingerprint density at radius 3 is 2.86 bits per heavy atom. The van der Waals surface area contributed by atoms with Crippen LogP contribution < -0.4 is 10.1 Å². The summed E-state index contributed by atoms with van der Waals surface area (Å²) < 4.78 is 21.0. The van der Waals surface area contributed by atoms with Gasteiger partial charge in [-0.05, 0) is 48.6 Å². The highest BCUT2D eigenvalue weighted by atomic mass is 19.1. The van der Waals surface area contributed by atoms with Gasteiger partial charge >= 0.3 is 0 Å². The smallest absolute Gasteiger partial charge is 0.240 e. The van der Waals surface area contributed by atoms with Crippen molar-refractivity contribution in [3.05, 3.63) is 60.2 Å². The van der Waals surface area contributed by atoms with Crippen molar-refractivity contribution in [2.45, 2.75) is 31.5 Å². The second kappa shape index (κ2) is 7.59. The summed E-state index contributed by atoms with van der Waals surface area (Å²) in [4.78, 5) is 17.0. The van der Waals surface area contributed by atoms with Crippen LogP contribution in [0.1, 0.15) is 24.4 Å². The number of methoxy groups -OCH3 is 1. The first-order valence-electron chi connectivity index (χ1n) is 9.26. The average molecular weight is 383 g/mol. The summed E-state index contributed by atoms with van der Waals surface area (Å²) in [6.45, 7) is 0.116. The van der Waals surface area contributed by atoms with E-state index in [4.69, 9.17) is 4.74 Å². The molecule has 6 nitrogen and oxygen atoms in total. The SMILES string of the molecule is COc1ccc([C@@H](NC(=O)Cn2cnc3ccccc32)C2CC(O)C2)cc1F. The molecule has 1 saturated carbocycles. The minimum Gasteiger partial charge on any atom is -0.494 e. The van der Waals surface area contributed by atoms with E-state index in [2.05, 4.69) is 10.3 Å². The molecule has 1 aliphatic carbocycles. The van der Waals surface area contributed by atoms with Crippen molar-refractivity contribution in [3.8, 4) is 5.75 Å². The lowest BCUT2D eigenvalue weighted by Gasteiger charge is -2.38. The lowest BCUT2D eigenvalue weighted by molar-refractivity contribution is -0.123. The van der Waals surface area contributed by atoms with Gasteiger partial charge in [-0.15, -0.1) is 0 Å². The zero-order valence-electron chi connectivity index (χ0n) is 15.5. The lowest BCUT2D eigenvalue weighted by atomic mass is 9.75. The predicted octanol–water partition coefficient (Wildman–Crippen LogP) is 2.81. The fraction of sp³-hybridized carbons (Fsp3) is 0.333. The number of halogens is 1. The lowest BCUT2D eigenvalue weighted by Crippen LogP contribution is -2.42. The van der Waals surface area contributed by atoms with E-state index in [1.165, 1.54) is 13.2 Å². The number of carbonyl (C=O) groups excluding carboxylic acids is 1. The number of hydrogen-bond donors (Lipinski definition) is 2. The van der Waals surface area contributed by atoms with Gasteiger partial charge in [0.2, 0.25) is 5.91 Å². The molecule has 2 aromatic carbocycles. The highest BCUT2D eigenvalue weighted by molar-refractivity contribution is 5.80. The Kier molecular flexibility index (Phi) is 5.00. The summed E-state index contributed by atoms with van der Waals surface area (Å²) in [6.07, 6.45) is 2.42. The van der Waals surface area contributed by atoms with Crippen molar-refractivity contribution in [2.24, 2.45) is 5.92 Å². The van der Waals surface area contributed by atoms with E-state index in [9.17, 15) is 14.3 Å². The molecule has 1 fully saturated rings. The fourth-order valence-electron chi connectivity index (χ4n) is 3.76. The van der Waals surface area contributed by atoms with Crippen LogP contribution in [0.5, 0.6) is 5.75 Å². The zero-order chi connectivity index (χ0) is 19.7. The van der Waals surface area contributed by atoms with E-state index in [1.807, 2.05) is 24.3 Å². The molecule has 0 radical (unpaired) electrons. The Hall–Kier alpha value is -2.93. The van der Waals surface area contributed by atoms with Gasteiger partial charge in [-0.3, -0.25) is 4.79 Å². The summed E-state index contributed by atoms with van der Waals surface area (Å²) in [5.41, 5.74) is 2.37. The predicted molar refractivity (Wildman–Crippen MR) is 102 cm³/mol. The number of benzene rings is 2. The number of carbonyl (C=O) groups is 1. The molecule has 0 spiro atoms. The molecule has 2 N–H and O–H groups in total. The maximum Gasteiger partial charge on any atom is 0.240 e. The van der Waals surface area contributed by atoms with Crippen molar-refractivity contribution in [2.75, 3.05) is 7.11 Å². The summed E-state index contributed by atoms with van der Waals surface area (Å²) >= 11 is 0. The molecule has 0 saturated heterocycles. The number of aromatic nitrogens is 2. The molecule has 1 atom stereocenters. The number of para-hydroxylation sites is 2. The first-order chi connectivity index (χ1) is 13.5. The van der Waals surface area contributed by atoms with Gasteiger partial charge in [-0.25, -0.2) is 9.37 Å². The summed E-state index contributed by atoms with van der Waals surface area (Å²) in [6, 6.07) is 11.9. The second-order valence-corrected chi connectivity index (χ2v) is 7.19. The maximum atomic E-state index is 14.2. The first kappa shape index (κ1) is 18.4. The number of fused-ring (bicyclic) bond motifs is 1. The fourth-order valence-corrected chi connectivity index (χ4v) is 3.76. The van der Waals surface area contributed by atoms with Gasteiger partial charge in [0, 0.05) is 0 Å². The molecule has 3 aromatic rings. The third-order valence-corrected chi connectivity index (χ3v) is 5.31. The number of hydrogen-bond acceptors (Lipinski definition) is 4. The Labute approximate surface area is 162 Å². The summed E-state index contributed by atoms with van der Waals surface area (Å²) in [5.74, 6) is -0.441. The highest BCUT2D eigenvalue weighted by Gasteiger charge is 2.36. The number of aliphatic hydroxyl groups is 1. The monoisotopic (exact) mass is 383 g/mol. The van der Waals surface area contributed by atoms with Crippen LogP contribution in [-0.2, 0) is 11.3 Å². The van der Waals surface area contributed by atoms with Crippen molar-refractivity contribution in [1.29, 1.82) is 0 Å². The van der Waals surface area contributed by atoms with Crippen LogP contribution in [0.3, 0.4) is 0 Å². The van der Waals surface area contributed by atoms with Gasteiger partial charge in [0.15, 0.2) is 11.6 Å². The molecule has 28 heavy (non-hydrogen) atoms. The van der Waals surface area contributed by atoms with Gasteiger partial charge < -0.3 is 19.7 Å². The quantitative estimate of drug-likeness (QED) is 0.686. The van der Waals surface area contributed by atoms with Gasteiger partial charge in [0.05, 0.1) is 36.6 Å². The van der Waals surface area contributed by atoms with E-state index in [1.54, 1.807) is 23.0 Å². The number of amides is 1. The number of nitrogens with zero attached hydrogens (tertiary/aromatic N) is 2. The van der Waals surface area contributed by atoms with Gasteiger partial charge in [-0.1, -0.05) is 18.2 Å². The van der Waals surface area contributed by atoms with E-state index >= 15 is 0 Å². The Morgan fingerprint density at radius 2 is 2.14 bits per heavy atom. The second-order valence-electron chi connectivity index (χ2n) is 7.19. The normalized spacial score (nSPS) is 19.8. The zero-order valence-corrected chi connectivity index (χ0v) is 15.5.